The van der Waals surface area contributed by atoms with Gasteiger partial charge < -0.3 is 14.5 Å². The number of ether oxygens (including phenoxy) is 1. The Morgan fingerprint density at radius 2 is 2.00 bits per heavy atom. The number of nitrogens with zero attached hydrogens (tertiary/aromatic N) is 3. The van der Waals surface area contributed by atoms with Crippen molar-refractivity contribution in [3.8, 4) is 11.8 Å². The lowest BCUT2D eigenvalue weighted by Gasteiger charge is -2.22. The maximum atomic E-state index is 8.76. The van der Waals surface area contributed by atoms with Crippen molar-refractivity contribution in [2.24, 2.45) is 0 Å². The lowest BCUT2D eigenvalue weighted by Crippen LogP contribution is -2.33. The zero-order chi connectivity index (χ0) is 13.5. The summed E-state index contributed by atoms with van der Waals surface area (Å²) >= 11 is 0. The van der Waals surface area contributed by atoms with E-state index < -0.39 is 0 Å². The molecule has 0 fully saturated rings. The molecule has 4 heteroatoms. The van der Waals surface area contributed by atoms with Gasteiger partial charge in [-0.05, 0) is 26.2 Å². The van der Waals surface area contributed by atoms with Gasteiger partial charge in [-0.25, -0.2) is 0 Å². The van der Waals surface area contributed by atoms with E-state index in [1.807, 2.05) is 62.3 Å². The van der Waals surface area contributed by atoms with Gasteiger partial charge in [-0.3, -0.25) is 0 Å². The highest BCUT2D eigenvalue weighted by Crippen LogP contribution is 2.19. The molecule has 98 valence electrons. The number of anilines is 1. The number of benzene rings is 1. The maximum Gasteiger partial charge on any atom is 0.121 e. The smallest absolute Gasteiger partial charge is 0.121 e. The van der Waals surface area contributed by atoms with E-state index in [0.717, 1.165) is 11.4 Å². The quantitative estimate of drug-likeness (QED) is 0.770. The molecule has 1 aromatic carbocycles. The van der Waals surface area contributed by atoms with Gasteiger partial charge in [0, 0.05) is 25.8 Å². The van der Waals surface area contributed by atoms with Crippen LogP contribution in [0.25, 0.3) is 0 Å². The Morgan fingerprint density at radius 1 is 1.28 bits per heavy atom. The van der Waals surface area contributed by atoms with Crippen LogP contribution in [0.2, 0.25) is 0 Å². The molecule has 0 aliphatic rings. The average Bonchev–Trinajstić information content (AvgIpc) is 2.34. The van der Waals surface area contributed by atoms with Crippen LogP contribution in [0.1, 0.15) is 6.42 Å². The molecular formula is C14H21N3O. The van der Waals surface area contributed by atoms with E-state index in [9.17, 15) is 0 Å². The summed E-state index contributed by atoms with van der Waals surface area (Å²) in [6.07, 6.45) is 0.473. The van der Waals surface area contributed by atoms with Crippen LogP contribution in [-0.2, 0) is 0 Å². The molecule has 0 aromatic heterocycles. The third kappa shape index (κ3) is 4.27. The fraction of sp³-hybridized carbons (Fsp3) is 0.500. The molecule has 1 unspecified atom stereocenters. The summed E-state index contributed by atoms with van der Waals surface area (Å²) in [5.74, 6) is 0.839. The highest BCUT2D eigenvalue weighted by molar-refractivity contribution is 5.49. The second kappa shape index (κ2) is 6.87. The first-order valence-electron chi connectivity index (χ1n) is 5.98. The van der Waals surface area contributed by atoms with Crippen LogP contribution >= 0.6 is 0 Å². The highest BCUT2D eigenvalue weighted by atomic mass is 16.5. The third-order valence-electron chi connectivity index (χ3n) is 2.83. The highest BCUT2D eigenvalue weighted by Gasteiger charge is 2.11. The molecule has 0 amide bonds. The summed E-state index contributed by atoms with van der Waals surface area (Å²) in [5, 5.41) is 8.76. The van der Waals surface area contributed by atoms with Crippen LogP contribution in [0.3, 0.4) is 0 Å². The molecule has 0 radical (unpaired) electrons. The van der Waals surface area contributed by atoms with E-state index in [2.05, 4.69) is 6.07 Å². The average molecular weight is 247 g/mol. The molecule has 1 atom stereocenters. The van der Waals surface area contributed by atoms with Crippen LogP contribution in [-0.4, -0.2) is 45.7 Å². The fourth-order valence-electron chi connectivity index (χ4n) is 1.54. The summed E-state index contributed by atoms with van der Waals surface area (Å²) in [6, 6.07) is 10.2. The van der Waals surface area contributed by atoms with Crippen molar-refractivity contribution in [1.82, 2.24) is 4.90 Å². The molecule has 1 aromatic rings. The molecule has 0 N–H and O–H groups in total. The van der Waals surface area contributed by atoms with E-state index in [-0.39, 0.29) is 6.04 Å². The minimum absolute atomic E-state index is 0.123. The Labute approximate surface area is 109 Å². The first kappa shape index (κ1) is 14.3. The van der Waals surface area contributed by atoms with Crippen LogP contribution < -0.4 is 9.64 Å². The Balaban J connectivity index is 2.62. The molecular weight excluding hydrogens is 226 g/mol. The van der Waals surface area contributed by atoms with Gasteiger partial charge in [0.15, 0.2) is 0 Å². The van der Waals surface area contributed by atoms with Crippen molar-refractivity contribution in [2.75, 3.05) is 39.7 Å². The second-order valence-electron chi connectivity index (χ2n) is 4.68. The van der Waals surface area contributed by atoms with Gasteiger partial charge in [0.25, 0.3) is 0 Å². The van der Waals surface area contributed by atoms with Crippen LogP contribution in [0.4, 0.5) is 5.69 Å². The van der Waals surface area contributed by atoms with Gasteiger partial charge in [-0.15, -0.1) is 0 Å². The minimum Gasteiger partial charge on any atom is -0.492 e. The molecule has 0 heterocycles. The summed E-state index contributed by atoms with van der Waals surface area (Å²) in [7, 11) is 7.91. The standard InChI is InChI=1S/C14H21N3O/c1-16(2)12-6-5-7-14(10-12)18-11-13(8-9-15)17(3)4/h5-7,10,13H,8,11H2,1-4H3. The predicted octanol–water partition coefficient (Wildman–Crippen LogP) is 1.98. The number of likely N-dealkylation sites (N-methyl/N-ethyl adjacent to an activating group) is 1. The van der Waals surface area contributed by atoms with E-state index in [4.69, 9.17) is 10.00 Å². The summed E-state index contributed by atoms with van der Waals surface area (Å²) in [5.41, 5.74) is 1.11. The van der Waals surface area contributed by atoms with Gasteiger partial charge in [-0.1, -0.05) is 6.07 Å². The minimum atomic E-state index is 0.123. The first-order chi connectivity index (χ1) is 8.54. The van der Waals surface area contributed by atoms with Gasteiger partial charge in [0.2, 0.25) is 0 Å². The third-order valence-corrected chi connectivity index (χ3v) is 2.83. The van der Waals surface area contributed by atoms with Crippen molar-refractivity contribution in [1.29, 1.82) is 5.26 Å². The lowest BCUT2D eigenvalue weighted by atomic mass is 10.2. The van der Waals surface area contributed by atoms with Crippen LogP contribution in [0.15, 0.2) is 24.3 Å². The molecule has 4 nitrogen and oxygen atoms in total. The second-order valence-corrected chi connectivity index (χ2v) is 4.68. The lowest BCUT2D eigenvalue weighted by molar-refractivity contribution is 0.188. The van der Waals surface area contributed by atoms with Crippen molar-refractivity contribution < 1.29 is 4.74 Å². The van der Waals surface area contributed by atoms with E-state index in [1.54, 1.807) is 0 Å². The van der Waals surface area contributed by atoms with Gasteiger partial charge >= 0.3 is 0 Å². The van der Waals surface area contributed by atoms with Crippen molar-refractivity contribution in [3.63, 3.8) is 0 Å². The maximum absolute atomic E-state index is 8.76. The van der Waals surface area contributed by atoms with E-state index in [1.165, 1.54) is 0 Å². The van der Waals surface area contributed by atoms with Crippen LogP contribution in [0.5, 0.6) is 5.75 Å². The van der Waals surface area contributed by atoms with Crippen LogP contribution in [0, 0.1) is 11.3 Å². The molecule has 18 heavy (non-hydrogen) atoms. The Hall–Kier alpha value is -1.73. The molecule has 0 spiro atoms. The molecule has 0 bridgehead atoms. The number of rotatable bonds is 6. The molecule has 0 aliphatic heterocycles. The summed E-state index contributed by atoms with van der Waals surface area (Å²) in [6.45, 7) is 0.525. The molecule has 0 aliphatic carbocycles. The Kier molecular flexibility index (Phi) is 5.47. The largest absolute Gasteiger partial charge is 0.492 e. The monoisotopic (exact) mass is 247 g/mol. The van der Waals surface area contributed by atoms with Gasteiger partial charge in [-0.2, -0.15) is 5.26 Å². The molecule has 0 saturated carbocycles. The van der Waals surface area contributed by atoms with Crippen molar-refractivity contribution in [2.45, 2.75) is 12.5 Å². The number of hydrogen-bond acceptors (Lipinski definition) is 4. The number of nitriles is 1. The predicted molar refractivity (Wildman–Crippen MR) is 74.0 cm³/mol. The normalized spacial score (nSPS) is 12.0. The fourth-order valence-corrected chi connectivity index (χ4v) is 1.54. The van der Waals surface area contributed by atoms with Crippen molar-refractivity contribution in [3.05, 3.63) is 24.3 Å². The van der Waals surface area contributed by atoms with Crippen molar-refractivity contribution >= 4 is 5.69 Å². The summed E-state index contributed by atoms with van der Waals surface area (Å²) in [4.78, 5) is 4.05. The Morgan fingerprint density at radius 3 is 2.56 bits per heavy atom. The van der Waals surface area contributed by atoms with Gasteiger partial charge in [0.1, 0.15) is 12.4 Å². The topological polar surface area (TPSA) is 39.5 Å². The number of hydrogen-bond donors (Lipinski definition) is 0. The summed E-state index contributed by atoms with van der Waals surface area (Å²) < 4.78 is 5.75. The molecule has 0 saturated heterocycles. The Bertz CT molecular complexity index is 410. The SMILES string of the molecule is CN(C)c1cccc(OCC(CC#N)N(C)C)c1. The zero-order valence-corrected chi connectivity index (χ0v) is 11.6. The van der Waals surface area contributed by atoms with Gasteiger partial charge in [0.05, 0.1) is 18.5 Å². The molecule has 1 rings (SSSR count). The first-order valence-corrected chi connectivity index (χ1v) is 5.98. The zero-order valence-electron chi connectivity index (χ0n) is 11.6. The van der Waals surface area contributed by atoms with E-state index in [0.29, 0.717) is 13.0 Å². The van der Waals surface area contributed by atoms with E-state index >= 15 is 0 Å².